The Morgan fingerprint density at radius 1 is 1.42 bits per heavy atom. The van der Waals surface area contributed by atoms with Gasteiger partial charge in [-0.05, 0) is 32.0 Å². The highest BCUT2D eigenvalue weighted by molar-refractivity contribution is 9.10. The highest BCUT2D eigenvalue weighted by atomic mass is 79.9. The van der Waals surface area contributed by atoms with Gasteiger partial charge in [0, 0.05) is 16.7 Å². The van der Waals surface area contributed by atoms with E-state index in [0.717, 1.165) is 21.6 Å². The van der Waals surface area contributed by atoms with Crippen LogP contribution in [0.15, 0.2) is 35.2 Å². The molecule has 0 bridgehead atoms. The molecule has 1 heterocycles. The summed E-state index contributed by atoms with van der Waals surface area (Å²) in [6.07, 6.45) is 3.75. The summed E-state index contributed by atoms with van der Waals surface area (Å²) in [5.41, 5.74) is 2.12. The van der Waals surface area contributed by atoms with E-state index in [1.807, 2.05) is 30.7 Å². The number of imidazole rings is 1. The van der Waals surface area contributed by atoms with Crippen molar-refractivity contribution in [3.05, 3.63) is 40.9 Å². The van der Waals surface area contributed by atoms with Crippen molar-refractivity contribution in [2.24, 2.45) is 0 Å². The first-order chi connectivity index (χ1) is 9.11. The Hall–Kier alpha value is -1.49. The first-order valence-corrected chi connectivity index (χ1v) is 6.99. The lowest BCUT2D eigenvalue weighted by Gasteiger charge is -2.14. The van der Waals surface area contributed by atoms with Crippen LogP contribution in [-0.2, 0) is 6.54 Å². The van der Waals surface area contributed by atoms with Crippen LogP contribution in [0.2, 0.25) is 0 Å². The van der Waals surface area contributed by atoms with Gasteiger partial charge >= 0.3 is 0 Å². The number of halogens is 1. The molecule has 0 fully saturated rings. The maximum atomic E-state index is 5.34. The van der Waals surface area contributed by atoms with Crippen LogP contribution in [-0.4, -0.2) is 16.7 Å². The summed E-state index contributed by atoms with van der Waals surface area (Å²) in [6.45, 7) is 5.00. The van der Waals surface area contributed by atoms with Crippen LogP contribution in [0.3, 0.4) is 0 Å². The quantitative estimate of drug-likeness (QED) is 0.908. The summed E-state index contributed by atoms with van der Waals surface area (Å²) in [7, 11) is 1.67. The zero-order valence-electron chi connectivity index (χ0n) is 11.4. The lowest BCUT2D eigenvalue weighted by atomic mass is 10.3. The van der Waals surface area contributed by atoms with Crippen molar-refractivity contribution in [2.75, 3.05) is 12.4 Å². The van der Waals surface area contributed by atoms with Crippen LogP contribution in [0.4, 0.5) is 5.69 Å². The molecule has 0 aliphatic rings. The Morgan fingerprint density at radius 2 is 2.21 bits per heavy atom. The second-order valence-electron chi connectivity index (χ2n) is 4.58. The van der Waals surface area contributed by atoms with Gasteiger partial charge in [-0.1, -0.05) is 15.9 Å². The number of nitrogens with zero attached hydrogens (tertiary/aromatic N) is 2. The van der Waals surface area contributed by atoms with E-state index in [9.17, 15) is 0 Å². The fourth-order valence-electron chi connectivity index (χ4n) is 1.94. The van der Waals surface area contributed by atoms with Crippen molar-refractivity contribution in [2.45, 2.75) is 26.4 Å². The minimum atomic E-state index is 0.406. The van der Waals surface area contributed by atoms with Crippen LogP contribution in [0, 0.1) is 0 Å². The molecule has 102 valence electrons. The molecule has 0 unspecified atom stereocenters. The molecule has 4 nitrogen and oxygen atoms in total. The predicted octanol–water partition coefficient (Wildman–Crippen LogP) is 3.85. The number of benzene rings is 1. The van der Waals surface area contributed by atoms with Crippen LogP contribution in [0.5, 0.6) is 5.75 Å². The van der Waals surface area contributed by atoms with E-state index in [1.165, 1.54) is 0 Å². The molecule has 19 heavy (non-hydrogen) atoms. The molecule has 0 atom stereocenters. The number of anilines is 1. The van der Waals surface area contributed by atoms with Crippen LogP contribution in [0.25, 0.3) is 0 Å². The molecule has 2 aromatic rings. The molecule has 5 heteroatoms. The molecule has 1 aromatic heterocycles. The zero-order valence-corrected chi connectivity index (χ0v) is 12.9. The number of ether oxygens (including phenoxy) is 1. The minimum Gasteiger partial charge on any atom is -0.495 e. The Morgan fingerprint density at radius 3 is 2.89 bits per heavy atom. The SMILES string of the molecule is COc1ccc(Br)cc1NCc1cncn1C(C)C. The van der Waals surface area contributed by atoms with Crippen molar-refractivity contribution < 1.29 is 4.74 Å². The molecule has 0 saturated carbocycles. The molecule has 0 amide bonds. The first-order valence-electron chi connectivity index (χ1n) is 6.20. The average Bonchev–Trinajstić information content (AvgIpc) is 2.85. The molecule has 0 aliphatic heterocycles. The van der Waals surface area contributed by atoms with Crippen molar-refractivity contribution in [1.82, 2.24) is 9.55 Å². The van der Waals surface area contributed by atoms with Gasteiger partial charge in [0.05, 0.1) is 31.4 Å². The number of hydrogen-bond acceptors (Lipinski definition) is 3. The molecular formula is C14H18BrN3O. The molecule has 0 saturated heterocycles. The van der Waals surface area contributed by atoms with E-state index >= 15 is 0 Å². The summed E-state index contributed by atoms with van der Waals surface area (Å²) in [4.78, 5) is 4.20. The first kappa shape index (κ1) is 13.9. The van der Waals surface area contributed by atoms with Gasteiger partial charge in [0.1, 0.15) is 5.75 Å². The molecule has 1 aromatic carbocycles. The van der Waals surface area contributed by atoms with Crippen molar-refractivity contribution >= 4 is 21.6 Å². The highest BCUT2D eigenvalue weighted by Gasteiger charge is 2.07. The van der Waals surface area contributed by atoms with Gasteiger partial charge < -0.3 is 14.6 Å². The zero-order chi connectivity index (χ0) is 13.8. The van der Waals surface area contributed by atoms with Crippen LogP contribution >= 0.6 is 15.9 Å². The average molecular weight is 324 g/mol. The normalized spacial score (nSPS) is 10.8. The van der Waals surface area contributed by atoms with Crippen molar-refractivity contribution in [3.8, 4) is 5.75 Å². The topological polar surface area (TPSA) is 39.1 Å². The number of aromatic nitrogens is 2. The number of nitrogens with one attached hydrogen (secondary N) is 1. The summed E-state index contributed by atoms with van der Waals surface area (Å²) >= 11 is 3.47. The number of methoxy groups -OCH3 is 1. The van der Waals surface area contributed by atoms with E-state index in [-0.39, 0.29) is 0 Å². The van der Waals surface area contributed by atoms with Crippen molar-refractivity contribution in [1.29, 1.82) is 0 Å². The third-order valence-electron chi connectivity index (χ3n) is 2.92. The maximum Gasteiger partial charge on any atom is 0.142 e. The van der Waals surface area contributed by atoms with E-state index in [1.54, 1.807) is 7.11 Å². The minimum absolute atomic E-state index is 0.406. The lowest BCUT2D eigenvalue weighted by Crippen LogP contribution is -2.09. The van der Waals surface area contributed by atoms with E-state index in [2.05, 4.69) is 44.6 Å². The Balaban J connectivity index is 2.14. The second-order valence-corrected chi connectivity index (χ2v) is 5.50. The third-order valence-corrected chi connectivity index (χ3v) is 3.42. The Labute approximate surface area is 121 Å². The van der Waals surface area contributed by atoms with Crippen LogP contribution in [0.1, 0.15) is 25.6 Å². The Bertz CT molecular complexity index is 551. The van der Waals surface area contributed by atoms with E-state index in [0.29, 0.717) is 12.6 Å². The van der Waals surface area contributed by atoms with Gasteiger partial charge in [-0.25, -0.2) is 4.98 Å². The summed E-state index contributed by atoms with van der Waals surface area (Å²) in [5, 5.41) is 3.39. The standard InChI is InChI=1S/C14H18BrN3O/c1-10(2)18-9-16-7-12(18)8-17-13-6-11(15)4-5-14(13)19-3/h4-7,9-10,17H,8H2,1-3H3. The lowest BCUT2D eigenvalue weighted by molar-refractivity contribution is 0.416. The highest BCUT2D eigenvalue weighted by Crippen LogP contribution is 2.28. The molecule has 1 N–H and O–H groups in total. The summed E-state index contributed by atoms with van der Waals surface area (Å²) in [5.74, 6) is 0.832. The third kappa shape index (κ3) is 3.29. The number of rotatable bonds is 5. The van der Waals surface area contributed by atoms with Gasteiger partial charge in [-0.2, -0.15) is 0 Å². The van der Waals surface area contributed by atoms with E-state index < -0.39 is 0 Å². The van der Waals surface area contributed by atoms with E-state index in [4.69, 9.17) is 4.74 Å². The molecule has 2 rings (SSSR count). The smallest absolute Gasteiger partial charge is 0.142 e. The fourth-order valence-corrected chi connectivity index (χ4v) is 2.30. The summed E-state index contributed by atoms with van der Waals surface area (Å²) < 4.78 is 8.51. The maximum absolute atomic E-state index is 5.34. The van der Waals surface area contributed by atoms with Gasteiger partial charge in [0.25, 0.3) is 0 Å². The van der Waals surface area contributed by atoms with Gasteiger partial charge in [0.15, 0.2) is 0 Å². The molecule has 0 radical (unpaired) electrons. The Kier molecular flexibility index (Phi) is 4.47. The van der Waals surface area contributed by atoms with Gasteiger partial charge in [-0.3, -0.25) is 0 Å². The van der Waals surface area contributed by atoms with Gasteiger partial charge in [-0.15, -0.1) is 0 Å². The van der Waals surface area contributed by atoms with Gasteiger partial charge in [0.2, 0.25) is 0 Å². The number of hydrogen-bond donors (Lipinski definition) is 1. The molecule has 0 aliphatic carbocycles. The van der Waals surface area contributed by atoms with Crippen LogP contribution < -0.4 is 10.1 Å². The molecular weight excluding hydrogens is 306 g/mol. The monoisotopic (exact) mass is 323 g/mol. The second kappa shape index (κ2) is 6.10. The molecule has 0 spiro atoms. The van der Waals surface area contributed by atoms with Crippen molar-refractivity contribution in [3.63, 3.8) is 0 Å². The summed E-state index contributed by atoms with van der Waals surface area (Å²) in [6, 6.07) is 6.31. The fraction of sp³-hybridized carbons (Fsp3) is 0.357. The largest absolute Gasteiger partial charge is 0.495 e. The predicted molar refractivity (Wildman–Crippen MR) is 80.6 cm³/mol.